The minimum Gasteiger partial charge on any atom is -0.376 e. The zero-order chi connectivity index (χ0) is 13.3. The van der Waals surface area contributed by atoms with Crippen LogP contribution >= 0.6 is 0 Å². The summed E-state index contributed by atoms with van der Waals surface area (Å²) in [6.07, 6.45) is 1.47. The van der Waals surface area contributed by atoms with Crippen molar-refractivity contribution in [1.82, 2.24) is 0 Å². The Morgan fingerprint density at radius 1 is 1.26 bits per heavy atom. The molecule has 0 unspecified atom stereocenters. The summed E-state index contributed by atoms with van der Waals surface area (Å²) in [6, 6.07) is 10.3. The SMILES string of the molecule is CC1(C)OC[C@H]([C@@H]2C[C@@H]2COCc2ccccc2)O1. The molecule has 2 aliphatic rings. The second-order valence-electron chi connectivity index (χ2n) is 6.03. The van der Waals surface area contributed by atoms with Gasteiger partial charge in [0.05, 0.1) is 25.9 Å². The molecule has 1 aromatic carbocycles. The molecule has 2 fully saturated rings. The number of hydrogen-bond acceptors (Lipinski definition) is 3. The van der Waals surface area contributed by atoms with Crippen LogP contribution in [0.25, 0.3) is 0 Å². The summed E-state index contributed by atoms with van der Waals surface area (Å²) in [5.74, 6) is 0.867. The van der Waals surface area contributed by atoms with Gasteiger partial charge in [0.25, 0.3) is 0 Å². The van der Waals surface area contributed by atoms with Crippen LogP contribution in [0.4, 0.5) is 0 Å². The fourth-order valence-electron chi connectivity index (χ4n) is 2.75. The average molecular weight is 262 g/mol. The Bertz CT molecular complexity index is 415. The summed E-state index contributed by atoms with van der Waals surface area (Å²) in [5, 5.41) is 0. The largest absolute Gasteiger partial charge is 0.376 e. The van der Waals surface area contributed by atoms with E-state index >= 15 is 0 Å². The summed E-state index contributed by atoms with van der Waals surface area (Å²) >= 11 is 0. The number of hydrogen-bond donors (Lipinski definition) is 0. The van der Waals surface area contributed by atoms with Crippen LogP contribution in [0.3, 0.4) is 0 Å². The van der Waals surface area contributed by atoms with Gasteiger partial charge in [0.1, 0.15) is 0 Å². The maximum absolute atomic E-state index is 5.89. The van der Waals surface area contributed by atoms with E-state index in [0.29, 0.717) is 18.4 Å². The predicted molar refractivity (Wildman–Crippen MR) is 72.6 cm³/mol. The summed E-state index contributed by atoms with van der Waals surface area (Å²) in [7, 11) is 0. The molecule has 0 N–H and O–H groups in total. The molecule has 0 radical (unpaired) electrons. The first kappa shape index (κ1) is 13.1. The lowest BCUT2D eigenvalue weighted by molar-refractivity contribution is -0.141. The predicted octanol–water partition coefficient (Wildman–Crippen LogP) is 2.99. The molecule has 3 nitrogen and oxygen atoms in total. The molecular weight excluding hydrogens is 240 g/mol. The van der Waals surface area contributed by atoms with Crippen LogP contribution in [0, 0.1) is 11.8 Å². The molecule has 1 aliphatic carbocycles. The molecule has 1 aromatic rings. The molecular formula is C16H22O3. The molecule has 0 bridgehead atoms. The number of ether oxygens (including phenoxy) is 3. The topological polar surface area (TPSA) is 27.7 Å². The Morgan fingerprint density at radius 3 is 2.74 bits per heavy atom. The van der Waals surface area contributed by atoms with E-state index in [2.05, 4.69) is 12.1 Å². The molecule has 3 atom stereocenters. The third-order valence-corrected chi connectivity index (χ3v) is 3.93. The minimum atomic E-state index is -0.400. The Labute approximate surface area is 114 Å². The lowest BCUT2D eigenvalue weighted by Crippen LogP contribution is -2.22. The van der Waals surface area contributed by atoms with Crippen LogP contribution in [0.15, 0.2) is 30.3 Å². The maximum atomic E-state index is 5.89. The standard InChI is InChI=1S/C16H22O3/c1-16(2)18-11-15(19-16)14-8-13(14)10-17-9-12-6-4-3-5-7-12/h3-7,13-15H,8-11H2,1-2H3/t13-,14-,15-/m1/s1. The van der Waals surface area contributed by atoms with Gasteiger partial charge < -0.3 is 14.2 Å². The lowest BCUT2D eigenvalue weighted by atomic mass is 10.2. The van der Waals surface area contributed by atoms with E-state index < -0.39 is 5.79 Å². The number of benzene rings is 1. The molecule has 3 rings (SSSR count). The van der Waals surface area contributed by atoms with E-state index in [1.165, 1.54) is 12.0 Å². The number of rotatable bonds is 5. The van der Waals surface area contributed by atoms with Gasteiger partial charge in [0.15, 0.2) is 5.79 Å². The van der Waals surface area contributed by atoms with Crippen LogP contribution in [-0.2, 0) is 20.8 Å². The monoisotopic (exact) mass is 262 g/mol. The van der Waals surface area contributed by atoms with Crippen molar-refractivity contribution < 1.29 is 14.2 Å². The molecule has 1 heterocycles. The van der Waals surface area contributed by atoms with Crippen molar-refractivity contribution in [2.75, 3.05) is 13.2 Å². The van der Waals surface area contributed by atoms with E-state index in [0.717, 1.165) is 13.2 Å². The summed E-state index contributed by atoms with van der Waals surface area (Å²) in [4.78, 5) is 0. The van der Waals surface area contributed by atoms with E-state index in [9.17, 15) is 0 Å². The highest BCUT2D eigenvalue weighted by atomic mass is 16.7. The Kier molecular flexibility index (Phi) is 3.61. The highest BCUT2D eigenvalue weighted by Crippen LogP contribution is 2.46. The highest BCUT2D eigenvalue weighted by Gasteiger charge is 2.48. The van der Waals surface area contributed by atoms with Crippen molar-refractivity contribution in [3.63, 3.8) is 0 Å². The first-order valence-corrected chi connectivity index (χ1v) is 7.07. The van der Waals surface area contributed by atoms with Gasteiger partial charge in [0, 0.05) is 0 Å². The Balaban J connectivity index is 1.38. The average Bonchev–Trinajstić information content (AvgIpc) is 3.07. The molecule has 0 aromatic heterocycles. The molecule has 1 aliphatic heterocycles. The third-order valence-electron chi connectivity index (χ3n) is 3.93. The van der Waals surface area contributed by atoms with Crippen molar-refractivity contribution in [2.24, 2.45) is 11.8 Å². The summed E-state index contributed by atoms with van der Waals surface area (Å²) in [6.45, 7) is 6.23. The second-order valence-corrected chi connectivity index (χ2v) is 6.03. The quantitative estimate of drug-likeness (QED) is 0.816. The van der Waals surface area contributed by atoms with Gasteiger partial charge in [-0.15, -0.1) is 0 Å². The van der Waals surface area contributed by atoms with Crippen molar-refractivity contribution in [1.29, 1.82) is 0 Å². The van der Waals surface area contributed by atoms with Gasteiger partial charge in [-0.3, -0.25) is 0 Å². The zero-order valence-corrected chi connectivity index (χ0v) is 11.7. The van der Waals surface area contributed by atoms with Gasteiger partial charge in [0.2, 0.25) is 0 Å². The fourth-order valence-corrected chi connectivity index (χ4v) is 2.75. The van der Waals surface area contributed by atoms with Crippen LogP contribution in [0.5, 0.6) is 0 Å². The molecule has 19 heavy (non-hydrogen) atoms. The van der Waals surface area contributed by atoms with Crippen molar-refractivity contribution in [3.05, 3.63) is 35.9 Å². The van der Waals surface area contributed by atoms with Crippen LogP contribution in [-0.4, -0.2) is 25.1 Å². The van der Waals surface area contributed by atoms with Gasteiger partial charge in [-0.05, 0) is 37.7 Å². The van der Waals surface area contributed by atoms with Crippen LogP contribution < -0.4 is 0 Å². The highest BCUT2D eigenvalue weighted by molar-refractivity contribution is 5.13. The van der Waals surface area contributed by atoms with E-state index in [4.69, 9.17) is 14.2 Å². The van der Waals surface area contributed by atoms with E-state index in [-0.39, 0.29) is 6.10 Å². The minimum absolute atomic E-state index is 0.264. The van der Waals surface area contributed by atoms with Gasteiger partial charge in [-0.2, -0.15) is 0 Å². The Hall–Kier alpha value is -0.900. The molecule has 3 heteroatoms. The second kappa shape index (κ2) is 5.23. The summed E-state index contributed by atoms with van der Waals surface area (Å²) in [5.41, 5.74) is 1.24. The van der Waals surface area contributed by atoms with Crippen molar-refractivity contribution >= 4 is 0 Å². The normalized spacial score (nSPS) is 32.4. The first-order valence-electron chi connectivity index (χ1n) is 7.07. The maximum Gasteiger partial charge on any atom is 0.163 e. The molecule has 1 saturated carbocycles. The van der Waals surface area contributed by atoms with Gasteiger partial charge >= 0.3 is 0 Å². The van der Waals surface area contributed by atoms with Crippen LogP contribution in [0.2, 0.25) is 0 Å². The first-order chi connectivity index (χ1) is 9.14. The lowest BCUT2D eigenvalue weighted by Gasteiger charge is -2.17. The Morgan fingerprint density at radius 2 is 2.05 bits per heavy atom. The van der Waals surface area contributed by atoms with E-state index in [1.54, 1.807) is 0 Å². The summed E-state index contributed by atoms with van der Waals surface area (Å²) < 4.78 is 17.3. The zero-order valence-electron chi connectivity index (χ0n) is 11.7. The molecule has 1 saturated heterocycles. The molecule has 104 valence electrons. The van der Waals surface area contributed by atoms with Crippen molar-refractivity contribution in [3.8, 4) is 0 Å². The van der Waals surface area contributed by atoms with E-state index in [1.807, 2.05) is 32.0 Å². The van der Waals surface area contributed by atoms with Gasteiger partial charge in [-0.1, -0.05) is 30.3 Å². The van der Waals surface area contributed by atoms with Gasteiger partial charge in [-0.25, -0.2) is 0 Å². The molecule has 0 spiro atoms. The van der Waals surface area contributed by atoms with Crippen LogP contribution in [0.1, 0.15) is 25.8 Å². The molecule has 0 amide bonds. The smallest absolute Gasteiger partial charge is 0.163 e. The fraction of sp³-hybridized carbons (Fsp3) is 0.625. The van der Waals surface area contributed by atoms with Crippen molar-refractivity contribution in [2.45, 2.75) is 38.8 Å². The third kappa shape index (κ3) is 3.35.